The largest absolute Gasteiger partial charge is 0.480 e. The van der Waals surface area contributed by atoms with E-state index in [9.17, 15) is 9.90 Å². The Balaban J connectivity index is 2.18. The lowest BCUT2D eigenvalue weighted by atomic mass is 9.84. The Kier molecular flexibility index (Phi) is 5.15. The Morgan fingerprint density at radius 3 is 2.52 bits per heavy atom. The van der Waals surface area contributed by atoms with Crippen LogP contribution >= 0.6 is 0 Å². The van der Waals surface area contributed by atoms with Crippen molar-refractivity contribution in [2.75, 3.05) is 5.32 Å². The van der Waals surface area contributed by atoms with Crippen molar-refractivity contribution in [3.63, 3.8) is 0 Å². The predicted octanol–water partition coefficient (Wildman–Crippen LogP) is 3.35. The maximum Gasteiger partial charge on any atom is 0.326 e. The fourth-order valence-electron chi connectivity index (χ4n) is 2.93. The number of hydrogen-bond donors (Lipinski definition) is 2. The highest BCUT2D eigenvalue weighted by Gasteiger charge is 2.29. The van der Waals surface area contributed by atoms with Crippen molar-refractivity contribution < 1.29 is 9.90 Å². The van der Waals surface area contributed by atoms with Crippen molar-refractivity contribution in [1.29, 1.82) is 0 Å². The van der Waals surface area contributed by atoms with Gasteiger partial charge < -0.3 is 10.4 Å². The molecule has 116 valence electrons. The first-order valence-corrected chi connectivity index (χ1v) is 7.82. The Hall–Kier alpha value is -1.65. The van der Waals surface area contributed by atoms with Gasteiger partial charge in [-0.2, -0.15) is 0 Å². The SMILES string of the molecule is Cc1cc(N[C@H](C(=O)O)C2CCCCC2)nc(C(C)C)n1. The lowest BCUT2D eigenvalue weighted by Crippen LogP contribution is -2.38. The van der Waals surface area contributed by atoms with Gasteiger partial charge in [0, 0.05) is 17.7 Å². The normalized spacial score (nSPS) is 17.7. The van der Waals surface area contributed by atoms with Crippen LogP contribution in [0.15, 0.2) is 6.07 Å². The summed E-state index contributed by atoms with van der Waals surface area (Å²) >= 11 is 0. The van der Waals surface area contributed by atoms with E-state index in [1.807, 2.05) is 26.8 Å². The van der Waals surface area contributed by atoms with Gasteiger partial charge in [-0.25, -0.2) is 14.8 Å². The number of aromatic nitrogens is 2. The number of hydrogen-bond acceptors (Lipinski definition) is 4. The zero-order chi connectivity index (χ0) is 15.4. The Labute approximate surface area is 126 Å². The number of anilines is 1. The summed E-state index contributed by atoms with van der Waals surface area (Å²) in [5, 5.41) is 12.7. The molecule has 0 radical (unpaired) electrons. The molecule has 0 amide bonds. The molecule has 5 heteroatoms. The van der Waals surface area contributed by atoms with E-state index in [0.717, 1.165) is 37.2 Å². The second-order valence-electron chi connectivity index (χ2n) is 6.27. The minimum Gasteiger partial charge on any atom is -0.480 e. The molecule has 2 N–H and O–H groups in total. The van der Waals surface area contributed by atoms with Gasteiger partial charge in [-0.15, -0.1) is 0 Å². The van der Waals surface area contributed by atoms with Gasteiger partial charge in [0.1, 0.15) is 17.7 Å². The molecule has 1 heterocycles. The van der Waals surface area contributed by atoms with Crippen LogP contribution in [0.3, 0.4) is 0 Å². The molecule has 2 rings (SSSR count). The van der Waals surface area contributed by atoms with E-state index in [-0.39, 0.29) is 11.8 Å². The first kappa shape index (κ1) is 15.7. The molecule has 1 atom stereocenters. The summed E-state index contributed by atoms with van der Waals surface area (Å²) in [7, 11) is 0. The number of nitrogens with one attached hydrogen (secondary N) is 1. The van der Waals surface area contributed by atoms with E-state index in [1.54, 1.807) is 0 Å². The smallest absolute Gasteiger partial charge is 0.326 e. The first-order chi connectivity index (χ1) is 9.97. The summed E-state index contributed by atoms with van der Waals surface area (Å²) in [6.45, 7) is 5.98. The lowest BCUT2D eigenvalue weighted by Gasteiger charge is -2.28. The van der Waals surface area contributed by atoms with Gasteiger partial charge in [-0.05, 0) is 25.7 Å². The Morgan fingerprint density at radius 2 is 1.95 bits per heavy atom. The van der Waals surface area contributed by atoms with Crippen molar-refractivity contribution in [2.45, 2.75) is 64.8 Å². The summed E-state index contributed by atoms with van der Waals surface area (Å²) in [6, 6.07) is 1.27. The van der Waals surface area contributed by atoms with Gasteiger partial charge in [0.05, 0.1) is 0 Å². The fraction of sp³-hybridized carbons (Fsp3) is 0.688. The second kappa shape index (κ2) is 6.87. The maximum absolute atomic E-state index is 11.6. The number of aryl methyl sites for hydroxylation is 1. The molecule has 1 fully saturated rings. The molecular formula is C16H25N3O2. The quantitative estimate of drug-likeness (QED) is 0.870. The van der Waals surface area contributed by atoms with Crippen LogP contribution < -0.4 is 5.32 Å². The van der Waals surface area contributed by atoms with Gasteiger partial charge in [-0.3, -0.25) is 0 Å². The van der Waals surface area contributed by atoms with E-state index in [4.69, 9.17) is 0 Å². The van der Waals surface area contributed by atoms with Crippen molar-refractivity contribution in [3.8, 4) is 0 Å². The molecule has 0 spiro atoms. The molecular weight excluding hydrogens is 266 g/mol. The number of aliphatic carboxylic acids is 1. The molecule has 5 nitrogen and oxygen atoms in total. The molecule has 1 aliphatic rings. The molecule has 1 aliphatic carbocycles. The van der Waals surface area contributed by atoms with Crippen molar-refractivity contribution >= 4 is 11.8 Å². The van der Waals surface area contributed by atoms with Gasteiger partial charge in [-0.1, -0.05) is 33.1 Å². The highest BCUT2D eigenvalue weighted by atomic mass is 16.4. The summed E-state index contributed by atoms with van der Waals surface area (Å²) in [4.78, 5) is 20.5. The van der Waals surface area contributed by atoms with Crippen LogP contribution in [0, 0.1) is 12.8 Å². The number of rotatable bonds is 5. The summed E-state index contributed by atoms with van der Waals surface area (Å²) in [6.07, 6.45) is 5.41. The van der Waals surface area contributed by atoms with Gasteiger partial charge in [0.15, 0.2) is 0 Å². The van der Waals surface area contributed by atoms with Crippen LogP contribution in [-0.4, -0.2) is 27.1 Å². The molecule has 1 saturated carbocycles. The van der Waals surface area contributed by atoms with Crippen LogP contribution in [0.1, 0.15) is 63.4 Å². The molecule has 0 aliphatic heterocycles. The molecule has 0 bridgehead atoms. The van der Waals surface area contributed by atoms with Gasteiger partial charge >= 0.3 is 5.97 Å². The molecule has 1 aromatic rings. The third kappa shape index (κ3) is 4.16. The third-order valence-corrected chi connectivity index (χ3v) is 4.08. The van der Waals surface area contributed by atoms with Crippen LogP contribution in [0.25, 0.3) is 0 Å². The molecule has 0 saturated heterocycles. The Bertz CT molecular complexity index is 496. The van der Waals surface area contributed by atoms with Crippen molar-refractivity contribution in [3.05, 3.63) is 17.6 Å². The monoisotopic (exact) mass is 291 g/mol. The topological polar surface area (TPSA) is 75.1 Å². The first-order valence-electron chi connectivity index (χ1n) is 7.82. The lowest BCUT2D eigenvalue weighted by molar-refractivity contribution is -0.139. The summed E-state index contributed by atoms with van der Waals surface area (Å²) in [5.74, 6) is 1.01. The maximum atomic E-state index is 11.6. The number of nitrogens with zero attached hydrogens (tertiary/aromatic N) is 2. The molecule has 0 aromatic carbocycles. The molecule has 0 unspecified atom stereocenters. The second-order valence-corrected chi connectivity index (χ2v) is 6.27. The van der Waals surface area contributed by atoms with E-state index < -0.39 is 12.0 Å². The Morgan fingerprint density at radius 1 is 1.29 bits per heavy atom. The number of carbonyl (C=O) groups is 1. The highest BCUT2D eigenvalue weighted by Crippen LogP contribution is 2.28. The standard InChI is InChI=1S/C16H25N3O2/c1-10(2)15-17-11(3)9-13(19-15)18-14(16(20)21)12-7-5-4-6-8-12/h9-10,12,14H,4-8H2,1-3H3,(H,20,21)(H,17,18,19)/t14-/m0/s1. The highest BCUT2D eigenvalue weighted by molar-refractivity contribution is 5.77. The summed E-state index contributed by atoms with van der Waals surface area (Å²) in [5.41, 5.74) is 0.865. The van der Waals surface area contributed by atoms with E-state index >= 15 is 0 Å². The third-order valence-electron chi connectivity index (χ3n) is 4.08. The van der Waals surface area contributed by atoms with Gasteiger partial charge in [0.25, 0.3) is 0 Å². The van der Waals surface area contributed by atoms with Crippen molar-refractivity contribution in [1.82, 2.24) is 9.97 Å². The minimum atomic E-state index is -0.788. The van der Waals surface area contributed by atoms with Gasteiger partial charge in [0.2, 0.25) is 0 Å². The van der Waals surface area contributed by atoms with E-state index in [0.29, 0.717) is 5.82 Å². The average molecular weight is 291 g/mol. The molecule has 1 aromatic heterocycles. The zero-order valence-electron chi connectivity index (χ0n) is 13.1. The van der Waals surface area contributed by atoms with E-state index in [1.165, 1.54) is 6.42 Å². The van der Waals surface area contributed by atoms with Crippen LogP contribution in [0.4, 0.5) is 5.82 Å². The zero-order valence-corrected chi connectivity index (χ0v) is 13.1. The number of carboxylic acids is 1. The summed E-state index contributed by atoms with van der Waals surface area (Å²) < 4.78 is 0. The van der Waals surface area contributed by atoms with Crippen LogP contribution in [0.5, 0.6) is 0 Å². The minimum absolute atomic E-state index is 0.189. The van der Waals surface area contributed by atoms with Crippen LogP contribution in [-0.2, 0) is 4.79 Å². The molecule has 21 heavy (non-hydrogen) atoms. The van der Waals surface area contributed by atoms with Crippen LogP contribution in [0.2, 0.25) is 0 Å². The van der Waals surface area contributed by atoms with E-state index in [2.05, 4.69) is 15.3 Å². The number of carboxylic acid groups (broad SMARTS) is 1. The fourth-order valence-corrected chi connectivity index (χ4v) is 2.93. The average Bonchev–Trinajstić information content (AvgIpc) is 2.44. The predicted molar refractivity (Wildman–Crippen MR) is 82.5 cm³/mol. The van der Waals surface area contributed by atoms with Crippen molar-refractivity contribution in [2.24, 2.45) is 5.92 Å².